The van der Waals surface area contributed by atoms with Gasteiger partial charge in [0, 0.05) is 30.5 Å². The molecule has 108 valence electrons. The molecule has 0 aromatic heterocycles. The molecule has 2 aromatic rings. The summed E-state index contributed by atoms with van der Waals surface area (Å²) in [6, 6.07) is 12.4. The van der Waals surface area contributed by atoms with Crippen molar-refractivity contribution in [3.05, 3.63) is 42.0 Å². The summed E-state index contributed by atoms with van der Waals surface area (Å²) in [5, 5.41) is 15.0. The van der Waals surface area contributed by atoms with Crippen molar-refractivity contribution in [1.82, 2.24) is 5.32 Å². The van der Waals surface area contributed by atoms with Crippen LogP contribution in [-0.4, -0.2) is 25.4 Å². The second-order valence-electron chi connectivity index (χ2n) is 5.90. The molecular weight excluding hydrogens is 250 g/mol. The summed E-state index contributed by atoms with van der Waals surface area (Å²) in [6.45, 7) is 5.85. The molecule has 3 nitrogen and oxygen atoms in total. The normalized spacial score (nSPS) is 11.8. The Morgan fingerprint density at radius 1 is 1.10 bits per heavy atom. The topological polar surface area (TPSA) is 41.5 Å². The van der Waals surface area contributed by atoms with Gasteiger partial charge in [-0.25, -0.2) is 0 Å². The molecular formula is C17H23NO2. The summed E-state index contributed by atoms with van der Waals surface area (Å²) in [6.07, 6.45) is 0. The van der Waals surface area contributed by atoms with Gasteiger partial charge < -0.3 is 15.2 Å². The minimum Gasteiger partial charge on any atom is -0.496 e. The quantitative estimate of drug-likeness (QED) is 0.850. The van der Waals surface area contributed by atoms with Crippen molar-refractivity contribution in [2.24, 2.45) is 5.41 Å². The Balaban J connectivity index is 2.19. The summed E-state index contributed by atoms with van der Waals surface area (Å²) < 4.78 is 5.41. The van der Waals surface area contributed by atoms with Crippen LogP contribution in [0.5, 0.6) is 5.75 Å². The maximum atomic E-state index is 9.27. The third-order valence-corrected chi connectivity index (χ3v) is 3.54. The van der Waals surface area contributed by atoms with Gasteiger partial charge in [0.15, 0.2) is 0 Å². The second-order valence-corrected chi connectivity index (χ2v) is 5.90. The minimum atomic E-state index is -0.0950. The van der Waals surface area contributed by atoms with E-state index >= 15 is 0 Å². The van der Waals surface area contributed by atoms with E-state index in [-0.39, 0.29) is 12.0 Å². The number of hydrogen-bond donors (Lipinski definition) is 2. The van der Waals surface area contributed by atoms with Gasteiger partial charge in [-0.15, -0.1) is 0 Å². The SMILES string of the molecule is COc1ccc(CNCC(C)(C)CO)c2ccccc12. The van der Waals surface area contributed by atoms with Crippen LogP contribution in [0.1, 0.15) is 19.4 Å². The molecule has 3 heteroatoms. The summed E-state index contributed by atoms with van der Waals surface area (Å²) in [7, 11) is 1.70. The van der Waals surface area contributed by atoms with Gasteiger partial charge in [-0.3, -0.25) is 0 Å². The average Bonchev–Trinajstić information content (AvgIpc) is 2.47. The molecule has 0 spiro atoms. The molecule has 0 atom stereocenters. The Bertz CT molecular complexity index is 578. The maximum Gasteiger partial charge on any atom is 0.126 e. The van der Waals surface area contributed by atoms with Crippen molar-refractivity contribution in [3.8, 4) is 5.75 Å². The highest BCUT2D eigenvalue weighted by atomic mass is 16.5. The van der Waals surface area contributed by atoms with Crippen molar-refractivity contribution in [3.63, 3.8) is 0 Å². The van der Waals surface area contributed by atoms with Gasteiger partial charge in [-0.2, -0.15) is 0 Å². The van der Waals surface area contributed by atoms with Crippen LogP contribution in [-0.2, 0) is 6.54 Å². The van der Waals surface area contributed by atoms with Gasteiger partial charge in [0.2, 0.25) is 0 Å². The van der Waals surface area contributed by atoms with Crippen molar-refractivity contribution in [2.45, 2.75) is 20.4 Å². The summed E-state index contributed by atoms with van der Waals surface area (Å²) >= 11 is 0. The summed E-state index contributed by atoms with van der Waals surface area (Å²) in [5.74, 6) is 0.903. The predicted molar refractivity (Wildman–Crippen MR) is 83.1 cm³/mol. The lowest BCUT2D eigenvalue weighted by atomic mass is 9.95. The number of ether oxygens (including phenoxy) is 1. The monoisotopic (exact) mass is 273 g/mol. The largest absolute Gasteiger partial charge is 0.496 e. The number of fused-ring (bicyclic) bond motifs is 1. The lowest BCUT2D eigenvalue weighted by Crippen LogP contribution is -2.31. The first-order chi connectivity index (χ1) is 9.57. The van der Waals surface area contributed by atoms with Crippen LogP contribution in [0.4, 0.5) is 0 Å². The standard InChI is InChI=1S/C17H23NO2/c1-17(2,12-19)11-18-10-13-8-9-16(20-3)15-7-5-4-6-14(13)15/h4-9,18-19H,10-12H2,1-3H3. The first-order valence-electron chi connectivity index (χ1n) is 6.93. The number of hydrogen-bond acceptors (Lipinski definition) is 3. The van der Waals surface area contributed by atoms with E-state index in [1.54, 1.807) is 7.11 Å². The van der Waals surface area contributed by atoms with E-state index < -0.39 is 0 Å². The zero-order valence-electron chi connectivity index (χ0n) is 12.4. The Hall–Kier alpha value is -1.58. The number of rotatable bonds is 6. The van der Waals surface area contributed by atoms with Gasteiger partial charge in [0.1, 0.15) is 5.75 Å². The molecule has 2 N–H and O–H groups in total. The molecule has 0 heterocycles. The van der Waals surface area contributed by atoms with Gasteiger partial charge >= 0.3 is 0 Å². The van der Waals surface area contributed by atoms with Crippen LogP contribution < -0.4 is 10.1 Å². The molecule has 0 radical (unpaired) electrons. The van der Waals surface area contributed by atoms with Crippen LogP contribution >= 0.6 is 0 Å². The van der Waals surface area contributed by atoms with Crippen LogP contribution in [0.2, 0.25) is 0 Å². The molecule has 0 bridgehead atoms. The van der Waals surface area contributed by atoms with Crippen LogP contribution in [0.25, 0.3) is 10.8 Å². The first kappa shape index (κ1) is 14.8. The van der Waals surface area contributed by atoms with Crippen molar-refractivity contribution < 1.29 is 9.84 Å². The van der Waals surface area contributed by atoms with E-state index in [2.05, 4.69) is 23.5 Å². The van der Waals surface area contributed by atoms with E-state index in [1.165, 1.54) is 10.9 Å². The molecule has 0 unspecified atom stereocenters. The van der Waals surface area contributed by atoms with Crippen molar-refractivity contribution >= 4 is 10.8 Å². The van der Waals surface area contributed by atoms with E-state index in [0.29, 0.717) is 0 Å². The smallest absolute Gasteiger partial charge is 0.126 e. The van der Waals surface area contributed by atoms with E-state index in [1.807, 2.05) is 32.0 Å². The molecule has 0 fully saturated rings. The Kier molecular flexibility index (Phi) is 4.63. The zero-order chi connectivity index (χ0) is 14.6. The maximum absolute atomic E-state index is 9.27. The fourth-order valence-electron chi connectivity index (χ4n) is 2.26. The molecule has 0 saturated heterocycles. The molecule has 2 aromatic carbocycles. The fourth-order valence-corrected chi connectivity index (χ4v) is 2.26. The molecule has 0 saturated carbocycles. The van der Waals surface area contributed by atoms with E-state index in [9.17, 15) is 5.11 Å². The van der Waals surface area contributed by atoms with Crippen LogP contribution in [0.3, 0.4) is 0 Å². The number of methoxy groups -OCH3 is 1. The zero-order valence-corrected chi connectivity index (χ0v) is 12.4. The highest BCUT2D eigenvalue weighted by Gasteiger charge is 2.15. The summed E-state index contributed by atoms with van der Waals surface area (Å²) in [5.41, 5.74) is 1.15. The van der Waals surface area contributed by atoms with Gasteiger partial charge in [-0.1, -0.05) is 44.2 Å². The Labute approximate surface area is 120 Å². The van der Waals surface area contributed by atoms with Gasteiger partial charge in [-0.05, 0) is 17.0 Å². The van der Waals surface area contributed by atoms with Crippen LogP contribution in [0.15, 0.2) is 36.4 Å². The molecule has 0 amide bonds. The lowest BCUT2D eigenvalue weighted by molar-refractivity contribution is 0.157. The first-order valence-corrected chi connectivity index (χ1v) is 6.93. The number of aliphatic hydroxyl groups excluding tert-OH is 1. The lowest BCUT2D eigenvalue weighted by Gasteiger charge is -2.22. The number of aliphatic hydroxyl groups is 1. The van der Waals surface area contributed by atoms with Gasteiger partial charge in [0.05, 0.1) is 7.11 Å². The Morgan fingerprint density at radius 3 is 2.45 bits per heavy atom. The third kappa shape index (κ3) is 3.30. The fraction of sp³-hybridized carbons (Fsp3) is 0.412. The molecule has 0 aliphatic rings. The Morgan fingerprint density at radius 2 is 1.80 bits per heavy atom. The van der Waals surface area contributed by atoms with Crippen LogP contribution in [0, 0.1) is 5.41 Å². The van der Waals surface area contributed by atoms with Gasteiger partial charge in [0.25, 0.3) is 0 Å². The van der Waals surface area contributed by atoms with Crippen molar-refractivity contribution in [1.29, 1.82) is 0 Å². The molecule has 0 aliphatic heterocycles. The number of benzene rings is 2. The highest BCUT2D eigenvalue weighted by Crippen LogP contribution is 2.28. The minimum absolute atomic E-state index is 0.0950. The third-order valence-electron chi connectivity index (χ3n) is 3.54. The average molecular weight is 273 g/mol. The summed E-state index contributed by atoms with van der Waals surface area (Å²) in [4.78, 5) is 0. The number of nitrogens with one attached hydrogen (secondary N) is 1. The predicted octanol–water partition coefficient (Wildman–Crippen LogP) is 2.96. The molecule has 20 heavy (non-hydrogen) atoms. The van der Waals surface area contributed by atoms with E-state index in [0.717, 1.165) is 24.2 Å². The molecule has 0 aliphatic carbocycles. The van der Waals surface area contributed by atoms with Crippen molar-refractivity contribution in [2.75, 3.05) is 20.3 Å². The second kappa shape index (κ2) is 6.25. The van der Waals surface area contributed by atoms with E-state index in [4.69, 9.17) is 4.74 Å². The highest BCUT2D eigenvalue weighted by molar-refractivity contribution is 5.91. The molecule has 2 rings (SSSR count).